The van der Waals surface area contributed by atoms with Crippen molar-refractivity contribution in [3.63, 3.8) is 0 Å². The Balaban J connectivity index is 1.92. The first-order valence-electron chi connectivity index (χ1n) is 8.59. The van der Waals surface area contributed by atoms with Crippen molar-refractivity contribution in [3.05, 3.63) is 53.6 Å². The van der Waals surface area contributed by atoms with Gasteiger partial charge in [-0.1, -0.05) is 12.0 Å². The average molecular weight is 400 g/mol. The maximum absolute atomic E-state index is 12.9. The molecule has 8 heteroatoms. The number of rotatable bonds is 5. The van der Waals surface area contributed by atoms with Crippen molar-refractivity contribution in [1.29, 1.82) is 0 Å². The number of sulfonamides is 1. The van der Waals surface area contributed by atoms with E-state index < -0.39 is 15.9 Å². The lowest BCUT2D eigenvalue weighted by molar-refractivity contribution is 0.0730. The topological polar surface area (TPSA) is 84.9 Å². The molecule has 0 bridgehead atoms. The molecule has 0 radical (unpaired) electrons. The monoisotopic (exact) mass is 400 g/mol. The molecule has 1 fully saturated rings. The van der Waals surface area contributed by atoms with E-state index in [-0.39, 0.29) is 29.3 Å². The summed E-state index contributed by atoms with van der Waals surface area (Å²) in [5, 5.41) is 2.72. The number of terminal acetylenes is 1. The van der Waals surface area contributed by atoms with E-state index in [4.69, 9.17) is 15.9 Å². The number of nitrogens with zero attached hydrogens (tertiary/aromatic N) is 1. The van der Waals surface area contributed by atoms with E-state index in [1.807, 2.05) is 0 Å². The number of methoxy groups -OCH3 is 1. The third kappa shape index (κ3) is 4.17. The number of hydrogen-bond donors (Lipinski definition) is 1. The summed E-state index contributed by atoms with van der Waals surface area (Å²) in [5.41, 5.74) is 1.24. The third-order valence-corrected chi connectivity index (χ3v) is 6.21. The summed E-state index contributed by atoms with van der Waals surface area (Å²) in [7, 11) is -2.32. The van der Waals surface area contributed by atoms with Crippen LogP contribution in [0.2, 0.25) is 0 Å². The van der Waals surface area contributed by atoms with Gasteiger partial charge in [0.15, 0.2) is 0 Å². The third-order valence-electron chi connectivity index (χ3n) is 4.31. The number of nitrogens with one attached hydrogen (secondary N) is 1. The van der Waals surface area contributed by atoms with E-state index >= 15 is 0 Å². The minimum Gasteiger partial charge on any atom is -0.496 e. The second kappa shape index (κ2) is 8.44. The van der Waals surface area contributed by atoms with Crippen LogP contribution in [0.1, 0.15) is 15.9 Å². The number of morpholine rings is 1. The zero-order valence-corrected chi connectivity index (χ0v) is 16.2. The number of carbonyl (C=O) groups excluding carboxylic acids is 1. The quantitative estimate of drug-likeness (QED) is 0.776. The van der Waals surface area contributed by atoms with Crippen LogP contribution in [0.4, 0.5) is 5.69 Å². The van der Waals surface area contributed by atoms with E-state index in [0.29, 0.717) is 24.5 Å². The Labute approximate surface area is 164 Å². The van der Waals surface area contributed by atoms with Gasteiger partial charge in [-0.3, -0.25) is 4.79 Å². The van der Waals surface area contributed by atoms with Crippen LogP contribution in [0.15, 0.2) is 47.4 Å². The SMILES string of the molecule is C#Cc1cccc(NC(=O)c2cc(S(=O)(=O)N3CCOCC3)ccc2OC)c1. The number of hydrogen-bond acceptors (Lipinski definition) is 5. The molecule has 0 saturated carbocycles. The van der Waals surface area contributed by atoms with E-state index in [1.165, 1.54) is 29.6 Å². The second-order valence-electron chi connectivity index (χ2n) is 6.06. The van der Waals surface area contributed by atoms with Crippen LogP contribution < -0.4 is 10.1 Å². The Bertz CT molecular complexity index is 1020. The minimum atomic E-state index is -3.74. The Morgan fingerprint density at radius 2 is 1.96 bits per heavy atom. The van der Waals surface area contributed by atoms with E-state index in [9.17, 15) is 13.2 Å². The Hall–Kier alpha value is -2.86. The van der Waals surface area contributed by atoms with Gasteiger partial charge in [-0.05, 0) is 36.4 Å². The van der Waals surface area contributed by atoms with Crippen molar-refractivity contribution < 1.29 is 22.7 Å². The largest absolute Gasteiger partial charge is 0.496 e. The van der Waals surface area contributed by atoms with E-state index in [0.717, 1.165) is 0 Å². The first-order chi connectivity index (χ1) is 13.5. The Morgan fingerprint density at radius 3 is 2.64 bits per heavy atom. The highest BCUT2D eigenvalue weighted by Gasteiger charge is 2.28. The second-order valence-corrected chi connectivity index (χ2v) is 8.00. The smallest absolute Gasteiger partial charge is 0.259 e. The zero-order valence-electron chi connectivity index (χ0n) is 15.3. The maximum atomic E-state index is 12.9. The molecule has 1 aliphatic rings. The fourth-order valence-corrected chi connectivity index (χ4v) is 4.28. The fraction of sp³-hybridized carbons (Fsp3) is 0.250. The number of benzene rings is 2. The highest BCUT2D eigenvalue weighted by Crippen LogP contribution is 2.26. The molecule has 146 valence electrons. The molecule has 0 aliphatic carbocycles. The molecule has 1 N–H and O–H groups in total. The van der Waals surface area contributed by atoms with Crippen LogP contribution in [-0.2, 0) is 14.8 Å². The minimum absolute atomic E-state index is 0.0257. The fourth-order valence-electron chi connectivity index (χ4n) is 2.85. The van der Waals surface area contributed by atoms with Gasteiger partial charge in [-0.25, -0.2) is 8.42 Å². The van der Waals surface area contributed by atoms with Crippen molar-refractivity contribution in [1.82, 2.24) is 4.31 Å². The maximum Gasteiger partial charge on any atom is 0.259 e. The van der Waals surface area contributed by atoms with Crippen LogP contribution in [-0.4, -0.2) is 52.0 Å². The predicted molar refractivity (Wildman–Crippen MR) is 105 cm³/mol. The number of ether oxygens (including phenoxy) is 2. The first-order valence-corrected chi connectivity index (χ1v) is 10.0. The molecular formula is C20H20N2O5S. The summed E-state index contributed by atoms with van der Waals surface area (Å²) in [6.07, 6.45) is 5.38. The van der Waals surface area contributed by atoms with Gasteiger partial charge in [-0.2, -0.15) is 4.31 Å². The van der Waals surface area contributed by atoms with Crippen molar-refractivity contribution >= 4 is 21.6 Å². The molecule has 2 aromatic carbocycles. The average Bonchev–Trinajstić information content (AvgIpc) is 2.74. The molecule has 0 unspecified atom stereocenters. The summed E-state index contributed by atoms with van der Waals surface area (Å²) >= 11 is 0. The highest BCUT2D eigenvalue weighted by molar-refractivity contribution is 7.89. The van der Waals surface area contributed by atoms with Crippen LogP contribution in [0.3, 0.4) is 0 Å². The van der Waals surface area contributed by atoms with Gasteiger partial charge < -0.3 is 14.8 Å². The van der Waals surface area contributed by atoms with Gasteiger partial charge >= 0.3 is 0 Å². The molecule has 0 spiro atoms. The summed E-state index contributed by atoms with van der Waals surface area (Å²) < 4.78 is 37.6. The van der Waals surface area contributed by atoms with E-state index in [1.54, 1.807) is 24.3 Å². The summed E-state index contributed by atoms with van der Waals surface area (Å²) in [5.74, 6) is 2.27. The molecule has 3 rings (SSSR count). The van der Waals surface area contributed by atoms with E-state index in [2.05, 4.69) is 11.2 Å². The molecule has 7 nitrogen and oxygen atoms in total. The lowest BCUT2D eigenvalue weighted by atomic mass is 10.1. The molecule has 1 aliphatic heterocycles. The van der Waals surface area contributed by atoms with Gasteiger partial charge in [-0.15, -0.1) is 6.42 Å². The van der Waals surface area contributed by atoms with Gasteiger partial charge in [0.1, 0.15) is 5.75 Å². The van der Waals surface area contributed by atoms with Crippen molar-refractivity contribution in [2.75, 3.05) is 38.7 Å². The highest BCUT2D eigenvalue weighted by atomic mass is 32.2. The van der Waals surface area contributed by atoms with Gasteiger partial charge in [0.05, 0.1) is 30.8 Å². The lowest BCUT2D eigenvalue weighted by Gasteiger charge is -2.26. The standard InChI is InChI=1S/C20H20N2O5S/c1-3-15-5-4-6-16(13-15)21-20(23)18-14-17(7-8-19(18)26-2)28(24,25)22-9-11-27-12-10-22/h1,4-8,13-14H,9-12H2,2H3,(H,21,23). The Kier molecular flexibility index (Phi) is 5.99. The zero-order chi connectivity index (χ0) is 20.1. The number of amides is 1. The van der Waals surface area contributed by atoms with Gasteiger partial charge in [0.25, 0.3) is 5.91 Å². The molecular weight excluding hydrogens is 380 g/mol. The number of anilines is 1. The molecule has 1 saturated heterocycles. The van der Waals surface area contributed by atoms with Gasteiger partial charge in [0, 0.05) is 24.3 Å². The predicted octanol–water partition coefficient (Wildman–Crippen LogP) is 1.95. The van der Waals surface area contributed by atoms with Crippen molar-refractivity contribution in [2.24, 2.45) is 0 Å². The molecule has 0 aromatic heterocycles. The molecule has 2 aromatic rings. The van der Waals surface area contributed by atoms with Crippen LogP contribution in [0.5, 0.6) is 5.75 Å². The van der Waals surface area contributed by atoms with Crippen LogP contribution in [0.25, 0.3) is 0 Å². The molecule has 1 amide bonds. The van der Waals surface area contributed by atoms with Crippen LogP contribution in [0, 0.1) is 12.3 Å². The molecule has 1 heterocycles. The number of carbonyl (C=O) groups is 1. The summed E-state index contributed by atoms with van der Waals surface area (Å²) in [4.78, 5) is 12.8. The summed E-state index contributed by atoms with van der Waals surface area (Å²) in [6.45, 7) is 1.23. The Morgan fingerprint density at radius 1 is 1.21 bits per heavy atom. The molecule has 28 heavy (non-hydrogen) atoms. The van der Waals surface area contributed by atoms with Gasteiger partial charge in [0.2, 0.25) is 10.0 Å². The first kappa shape index (κ1) is 19.9. The van der Waals surface area contributed by atoms with Crippen molar-refractivity contribution in [3.8, 4) is 18.1 Å². The normalized spacial score (nSPS) is 14.9. The van der Waals surface area contributed by atoms with Crippen molar-refractivity contribution in [2.45, 2.75) is 4.90 Å². The lowest BCUT2D eigenvalue weighted by Crippen LogP contribution is -2.40. The summed E-state index contributed by atoms with van der Waals surface area (Å²) in [6, 6.07) is 11.0. The molecule has 0 atom stereocenters. The van der Waals surface area contributed by atoms with Crippen LogP contribution >= 0.6 is 0 Å².